The summed E-state index contributed by atoms with van der Waals surface area (Å²) in [7, 11) is 0. The molecule has 7 heteroatoms. The molecule has 1 aromatic heterocycles. The van der Waals surface area contributed by atoms with Gasteiger partial charge in [0.15, 0.2) is 0 Å². The number of hydrogen-bond acceptors (Lipinski definition) is 7. The second-order valence-corrected chi connectivity index (χ2v) is 8.74. The Morgan fingerprint density at radius 2 is 1.94 bits per heavy atom. The van der Waals surface area contributed by atoms with Crippen LogP contribution in [0.25, 0.3) is 5.70 Å². The summed E-state index contributed by atoms with van der Waals surface area (Å²) in [6, 6.07) is 0.289. The fraction of sp³-hybridized carbons (Fsp3) is 0.667. The molecule has 0 aromatic carbocycles. The predicted molar refractivity (Wildman–Crippen MR) is 130 cm³/mol. The molecule has 0 radical (unpaired) electrons. The molecule has 3 rings (SSSR count). The predicted octanol–water partition coefficient (Wildman–Crippen LogP) is 4.56. The standard InChI is InChI=1S/C24H38N6O/c1-5-7-12-26-24-28-15-20(23(30-24)29-18-8-10-19(31)11-9-18)22-13-21(25-6-2)17(4)16(3)14-27-22/h13-19,31H,5-12H2,1-4H3,(H2,26,28,29,30). The van der Waals surface area contributed by atoms with E-state index in [2.05, 4.69) is 49.4 Å². The van der Waals surface area contributed by atoms with Gasteiger partial charge in [0.25, 0.3) is 0 Å². The lowest BCUT2D eigenvalue weighted by Gasteiger charge is -2.27. The summed E-state index contributed by atoms with van der Waals surface area (Å²) < 4.78 is 0. The molecule has 170 valence electrons. The van der Waals surface area contributed by atoms with E-state index in [1.165, 1.54) is 0 Å². The lowest BCUT2D eigenvalue weighted by molar-refractivity contribution is 0.126. The van der Waals surface area contributed by atoms with E-state index in [1.807, 2.05) is 12.4 Å². The van der Waals surface area contributed by atoms with Crippen molar-refractivity contribution in [1.29, 1.82) is 0 Å². The molecule has 2 aliphatic rings. The SMILES string of the molecule is CCCCNc1ncc(C2=CC(=NCC)C(C)C(C)C=N2)c(NC2CCC(O)CC2)n1. The zero-order valence-electron chi connectivity index (χ0n) is 19.4. The van der Waals surface area contributed by atoms with Crippen LogP contribution in [0.2, 0.25) is 0 Å². The van der Waals surface area contributed by atoms with Gasteiger partial charge in [0, 0.05) is 43.2 Å². The number of aliphatic imine (C=N–C) groups is 2. The van der Waals surface area contributed by atoms with Crippen LogP contribution >= 0.6 is 0 Å². The average Bonchev–Trinajstić information content (AvgIpc) is 2.90. The molecule has 1 fully saturated rings. The van der Waals surface area contributed by atoms with Crippen molar-refractivity contribution in [1.82, 2.24) is 9.97 Å². The lowest BCUT2D eigenvalue weighted by Crippen LogP contribution is -2.29. The Kier molecular flexibility index (Phi) is 8.58. The number of aliphatic hydroxyl groups is 1. The van der Waals surface area contributed by atoms with Gasteiger partial charge in [0.05, 0.1) is 17.4 Å². The Morgan fingerprint density at radius 3 is 2.65 bits per heavy atom. The molecule has 0 spiro atoms. The molecule has 0 bridgehead atoms. The minimum Gasteiger partial charge on any atom is -0.393 e. The minimum atomic E-state index is -0.181. The molecule has 0 saturated heterocycles. The molecule has 0 amide bonds. The number of anilines is 2. The lowest BCUT2D eigenvalue weighted by atomic mass is 9.92. The molecule has 1 aromatic rings. The van der Waals surface area contributed by atoms with E-state index in [0.29, 0.717) is 17.8 Å². The van der Waals surface area contributed by atoms with Gasteiger partial charge in [-0.15, -0.1) is 0 Å². The Balaban J connectivity index is 1.94. The van der Waals surface area contributed by atoms with Crippen LogP contribution in [-0.4, -0.2) is 52.2 Å². The fourth-order valence-corrected chi connectivity index (χ4v) is 3.98. The highest BCUT2D eigenvalue weighted by Gasteiger charge is 2.24. The van der Waals surface area contributed by atoms with Gasteiger partial charge in [0.1, 0.15) is 5.82 Å². The maximum atomic E-state index is 9.87. The van der Waals surface area contributed by atoms with Crippen molar-refractivity contribution >= 4 is 29.4 Å². The van der Waals surface area contributed by atoms with Crippen LogP contribution in [0.5, 0.6) is 0 Å². The first-order valence-corrected chi connectivity index (χ1v) is 11.9. The normalized spacial score (nSPS) is 27.6. The van der Waals surface area contributed by atoms with Crippen LogP contribution in [0.3, 0.4) is 0 Å². The van der Waals surface area contributed by atoms with Gasteiger partial charge in [-0.2, -0.15) is 4.98 Å². The van der Waals surface area contributed by atoms with E-state index in [4.69, 9.17) is 15.0 Å². The fourth-order valence-electron chi connectivity index (χ4n) is 3.98. The molecular formula is C24H38N6O. The van der Waals surface area contributed by atoms with Gasteiger partial charge in [-0.3, -0.25) is 9.98 Å². The molecule has 2 atom stereocenters. The zero-order valence-corrected chi connectivity index (χ0v) is 19.4. The quantitative estimate of drug-likeness (QED) is 0.530. The van der Waals surface area contributed by atoms with Gasteiger partial charge in [-0.25, -0.2) is 4.98 Å². The van der Waals surface area contributed by atoms with E-state index >= 15 is 0 Å². The minimum absolute atomic E-state index is 0.181. The van der Waals surface area contributed by atoms with Gasteiger partial charge in [-0.1, -0.05) is 27.2 Å². The number of aliphatic hydroxyl groups excluding tert-OH is 1. The highest BCUT2D eigenvalue weighted by atomic mass is 16.3. The summed E-state index contributed by atoms with van der Waals surface area (Å²) in [5.74, 6) is 2.06. The molecule has 31 heavy (non-hydrogen) atoms. The Hall–Kier alpha value is -2.28. The summed E-state index contributed by atoms with van der Waals surface area (Å²) >= 11 is 0. The molecule has 2 unspecified atom stereocenters. The van der Waals surface area contributed by atoms with Gasteiger partial charge in [-0.05, 0) is 51.0 Å². The Labute approximate surface area is 186 Å². The topological polar surface area (TPSA) is 94.8 Å². The number of allylic oxidation sites excluding steroid dienone is 1. The first-order valence-electron chi connectivity index (χ1n) is 11.9. The van der Waals surface area contributed by atoms with Gasteiger partial charge >= 0.3 is 0 Å². The van der Waals surface area contributed by atoms with Crippen molar-refractivity contribution in [3.63, 3.8) is 0 Å². The van der Waals surface area contributed by atoms with Crippen LogP contribution < -0.4 is 10.6 Å². The van der Waals surface area contributed by atoms with E-state index in [1.54, 1.807) is 0 Å². The Morgan fingerprint density at radius 1 is 1.16 bits per heavy atom. The summed E-state index contributed by atoms with van der Waals surface area (Å²) in [5.41, 5.74) is 2.81. The largest absolute Gasteiger partial charge is 0.393 e. The van der Waals surface area contributed by atoms with Crippen LogP contribution in [0, 0.1) is 11.8 Å². The molecule has 3 N–H and O–H groups in total. The monoisotopic (exact) mass is 426 g/mol. The number of nitrogens with one attached hydrogen (secondary N) is 2. The summed E-state index contributed by atoms with van der Waals surface area (Å²) in [6.45, 7) is 10.2. The van der Waals surface area contributed by atoms with E-state index in [9.17, 15) is 5.11 Å². The van der Waals surface area contributed by atoms with Gasteiger partial charge < -0.3 is 15.7 Å². The Bertz CT molecular complexity index is 810. The average molecular weight is 427 g/mol. The molecule has 1 aliphatic heterocycles. The number of unbranched alkanes of at least 4 members (excludes halogenated alkanes) is 1. The van der Waals surface area contributed by atoms with Crippen molar-refractivity contribution in [2.75, 3.05) is 23.7 Å². The molecule has 1 aliphatic carbocycles. The first kappa shape index (κ1) is 23.4. The van der Waals surface area contributed by atoms with Crippen LogP contribution in [0.4, 0.5) is 11.8 Å². The van der Waals surface area contributed by atoms with Gasteiger partial charge in [0.2, 0.25) is 5.95 Å². The van der Waals surface area contributed by atoms with Crippen molar-refractivity contribution in [3.05, 3.63) is 17.8 Å². The van der Waals surface area contributed by atoms with Crippen LogP contribution in [0.15, 0.2) is 22.3 Å². The molecule has 7 nitrogen and oxygen atoms in total. The summed E-state index contributed by atoms with van der Waals surface area (Å²) in [6.07, 6.45) is 11.5. The number of aromatic nitrogens is 2. The van der Waals surface area contributed by atoms with Crippen LogP contribution in [-0.2, 0) is 0 Å². The third-order valence-electron chi connectivity index (χ3n) is 6.24. The highest BCUT2D eigenvalue weighted by molar-refractivity contribution is 6.06. The summed E-state index contributed by atoms with van der Waals surface area (Å²) in [4.78, 5) is 18.9. The molecule has 1 saturated carbocycles. The van der Waals surface area contributed by atoms with Crippen molar-refractivity contribution in [3.8, 4) is 0 Å². The zero-order chi connectivity index (χ0) is 22.2. The van der Waals surface area contributed by atoms with E-state index in [0.717, 1.165) is 74.4 Å². The van der Waals surface area contributed by atoms with Crippen molar-refractivity contribution in [2.45, 2.75) is 78.4 Å². The van der Waals surface area contributed by atoms with Crippen molar-refractivity contribution < 1.29 is 5.11 Å². The van der Waals surface area contributed by atoms with Crippen molar-refractivity contribution in [2.24, 2.45) is 21.8 Å². The highest BCUT2D eigenvalue weighted by Crippen LogP contribution is 2.30. The maximum Gasteiger partial charge on any atom is 0.224 e. The summed E-state index contributed by atoms with van der Waals surface area (Å²) in [5, 5.41) is 16.8. The van der Waals surface area contributed by atoms with Crippen LogP contribution in [0.1, 0.15) is 71.8 Å². The molecule has 2 heterocycles. The number of hydrogen-bond donors (Lipinski definition) is 3. The number of nitrogens with zero attached hydrogens (tertiary/aromatic N) is 4. The third kappa shape index (κ3) is 6.35. The first-order chi connectivity index (χ1) is 15.0. The second-order valence-electron chi connectivity index (χ2n) is 8.74. The third-order valence-corrected chi connectivity index (χ3v) is 6.24. The smallest absolute Gasteiger partial charge is 0.224 e. The van der Waals surface area contributed by atoms with E-state index in [-0.39, 0.29) is 12.1 Å². The second kappa shape index (κ2) is 11.4. The van der Waals surface area contributed by atoms with E-state index < -0.39 is 0 Å². The molecular weight excluding hydrogens is 388 g/mol. The number of rotatable bonds is 8. The maximum absolute atomic E-state index is 9.87.